The van der Waals surface area contributed by atoms with Gasteiger partial charge < -0.3 is 19.7 Å². The highest BCUT2D eigenvalue weighted by Crippen LogP contribution is 2.32. The molecule has 7 nitrogen and oxygen atoms in total. The maximum Gasteiger partial charge on any atom is 0.257 e. The van der Waals surface area contributed by atoms with E-state index in [2.05, 4.69) is 31.0 Å². The van der Waals surface area contributed by atoms with E-state index in [0.717, 1.165) is 32.4 Å². The highest BCUT2D eigenvalue weighted by molar-refractivity contribution is 5.99. The third-order valence-corrected chi connectivity index (χ3v) is 6.30. The summed E-state index contributed by atoms with van der Waals surface area (Å²) in [6, 6.07) is 5.50. The van der Waals surface area contributed by atoms with E-state index in [1.807, 2.05) is 0 Å². The van der Waals surface area contributed by atoms with Crippen molar-refractivity contribution in [3.8, 4) is 5.75 Å². The van der Waals surface area contributed by atoms with E-state index in [1.54, 1.807) is 37.3 Å². The van der Waals surface area contributed by atoms with Gasteiger partial charge >= 0.3 is 0 Å². The molecule has 1 saturated carbocycles. The Bertz CT molecular complexity index is 780. The van der Waals surface area contributed by atoms with Crippen LogP contribution in [0.1, 0.15) is 50.4 Å². The molecule has 1 aromatic rings. The number of benzene rings is 1. The van der Waals surface area contributed by atoms with Gasteiger partial charge in [-0.15, -0.1) is 0 Å². The number of likely N-dealkylation sites (N-methyl/N-ethyl adjacent to an activating group) is 1. The summed E-state index contributed by atoms with van der Waals surface area (Å²) in [5.74, 6) is 0.827. The van der Waals surface area contributed by atoms with Crippen molar-refractivity contribution < 1.29 is 19.1 Å². The number of fused-ring (bicyclic) bond motifs is 1. The number of rotatable bonds is 5. The molecule has 3 atom stereocenters. The lowest BCUT2D eigenvalue weighted by atomic mass is 10.0. The van der Waals surface area contributed by atoms with Crippen LogP contribution in [0.5, 0.6) is 5.75 Å². The van der Waals surface area contributed by atoms with Crippen LogP contribution in [-0.4, -0.2) is 74.2 Å². The Kier molecular flexibility index (Phi) is 7.94. The molecule has 0 aromatic heterocycles. The molecule has 0 bridgehead atoms. The quantitative estimate of drug-likeness (QED) is 0.775. The normalized spacial score (nSPS) is 25.8. The number of hydrogen-bond acceptors (Lipinski definition) is 5. The molecule has 0 unspecified atom stereocenters. The van der Waals surface area contributed by atoms with E-state index < -0.39 is 0 Å². The minimum atomic E-state index is -0.108. The summed E-state index contributed by atoms with van der Waals surface area (Å²) in [5, 5.41) is 2.95. The largest absolute Gasteiger partial charge is 0.491 e. The summed E-state index contributed by atoms with van der Waals surface area (Å²) in [6.07, 6.45) is 2.89. The molecule has 0 saturated heterocycles. The van der Waals surface area contributed by atoms with Crippen LogP contribution in [0.4, 0.5) is 5.69 Å². The monoisotopic (exact) mass is 431 g/mol. The van der Waals surface area contributed by atoms with Gasteiger partial charge in [0, 0.05) is 51.0 Å². The van der Waals surface area contributed by atoms with Gasteiger partial charge in [-0.05, 0) is 50.8 Å². The second-order valence-electron chi connectivity index (χ2n) is 9.07. The van der Waals surface area contributed by atoms with Crippen LogP contribution < -0.4 is 10.1 Å². The number of carbonyl (C=O) groups is 2. The van der Waals surface area contributed by atoms with Gasteiger partial charge in [-0.3, -0.25) is 14.5 Å². The van der Waals surface area contributed by atoms with Gasteiger partial charge in [-0.25, -0.2) is 0 Å². The fraction of sp³-hybridized carbons (Fsp3) is 0.667. The smallest absolute Gasteiger partial charge is 0.257 e. The summed E-state index contributed by atoms with van der Waals surface area (Å²) >= 11 is 0. The van der Waals surface area contributed by atoms with Crippen molar-refractivity contribution in [2.45, 2.75) is 52.2 Å². The second-order valence-corrected chi connectivity index (χ2v) is 9.07. The lowest BCUT2D eigenvalue weighted by molar-refractivity contribution is -0.117. The minimum Gasteiger partial charge on any atom is -0.491 e. The molecule has 1 aliphatic carbocycles. The molecule has 2 amide bonds. The molecular weight excluding hydrogens is 394 g/mol. The van der Waals surface area contributed by atoms with Gasteiger partial charge in [0.05, 0.1) is 11.7 Å². The number of hydrogen-bond donors (Lipinski definition) is 1. The summed E-state index contributed by atoms with van der Waals surface area (Å²) in [7, 11) is 3.51. The van der Waals surface area contributed by atoms with Gasteiger partial charge in [-0.1, -0.05) is 13.8 Å². The van der Waals surface area contributed by atoms with E-state index >= 15 is 0 Å². The molecule has 172 valence electrons. The Balaban J connectivity index is 1.89. The molecule has 2 aliphatic rings. The summed E-state index contributed by atoms with van der Waals surface area (Å²) in [4.78, 5) is 29.5. The highest BCUT2D eigenvalue weighted by Gasteiger charge is 2.31. The SMILES string of the molecule is CCCN1C[C@@H](C)[C@@H](OC)CN(C)C(=O)c2ccc(NC(=O)C3CC3)cc2OC[C@H]1C. The van der Waals surface area contributed by atoms with Crippen molar-refractivity contribution in [3.63, 3.8) is 0 Å². The number of amides is 2. The fourth-order valence-corrected chi connectivity index (χ4v) is 4.11. The molecule has 1 aliphatic heterocycles. The molecular formula is C24H37N3O4. The Labute approximate surface area is 186 Å². The molecule has 0 spiro atoms. The van der Waals surface area contributed by atoms with Crippen LogP contribution in [0.15, 0.2) is 18.2 Å². The van der Waals surface area contributed by atoms with Gasteiger partial charge in [0.15, 0.2) is 0 Å². The zero-order chi connectivity index (χ0) is 22.5. The van der Waals surface area contributed by atoms with E-state index in [0.29, 0.717) is 30.2 Å². The van der Waals surface area contributed by atoms with Crippen LogP contribution in [-0.2, 0) is 9.53 Å². The van der Waals surface area contributed by atoms with Crippen molar-refractivity contribution >= 4 is 17.5 Å². The number of methoxy groups -OCH3 is 1. The van der Waals surface area contributed by atoms with Crippen LogP contribution in [0.3, 0.4) is 0 Å². The van der Waals surface area contributed by atoms with E-state index in [9.17, 15) is 9.59 Å². The summed E-state index contributed by atoms with van der Waals surface area (Å²) < 4.78 is 12.0. The second kappa shape index (κ2) is 10.5. The number of nitrogens with one attached hydrogen (secondary N) is 1. The molecule has 7 heteroatoms. The minimum absolute atomic E-state index is 0.0379. The van der Waals surface area contributed by atoms with Crippen molar-refractivity contribution in [2.75, 3.05) is 45.7 Å². The van der Waals surface area contributed by atoms with E-state index in [4.69, 9.17) is 9.47 Å². The van der Waals surface area contributed by atoms with E-state index in [-0.39, 0.29) is 35.8 Å². The summed E-state index contributed by atoms with van der Waals surface area (Å²) in [6.45, 7) is 9.34. The molecule has 0 radical (unpaired) electrons. The topological polar surface area (TPSA) is 71.1 Å². The van der Waals surface area contributed by atoms with Crippen LogP contribution in [0, 0.1) is 11.8 Å². The molecule has 31 heavy (non-hydrogen) atoms. The first-order chi connectivity index (χ1) is 14.8. The van der Waals surface area contributed by atoms with Crippen molar-refractivity contribution in [1.29, 1.82) is 0 Å². The Morgan fingerprint density at radius 3 is 2.65 bits per heavy atom. The van der Waals surface area contributed by atoms with Crippen LogP contribution >= 0.6 is 0 Å². The van der Waals surface area contributed by atoms with Gasteiger partial charge in [-0.2, -0.15) is 0 Å². The first-order valence-corrected chi connectivity index (χ1v) is 11.4. The lowest BCUT2D eigenvalue weighted by Gasteiger charge is -2.35. The fourth-order valence-electron chi connectivity index (χ4n) is 4.11. The number of carbonyl (C=O) groups excluding carboxylic acids is 2. The zero-order valence-corrected chi connectivity index (χ0v) is 19.5. The first-order valence-electron chi connectivity index (χ1n) is 11.4. The number of ether oxygens (including phenoxy) is 2. The Morgan fingerprint density at radius 2 is 2.00 bits per heavy atom. The molecule has 1 heterocycles. The molecule has 1 aromatic carbocycles. The third kappa shape index (κ3) is 5.98. The molecule has 1 N–H and O–H groups in total. The number of anilines is 1. The maximum absolute atomic E-state index is 13.2. The number of nitrogens with zero attached hydrogens (tertiary/aromatic N) is 2. The third-order valence-electron chi connectivity index (χ3n) is 6.30. The standard InChI is InChI=1S/C24H37N3O4/c1-6-11-27-13-16(2)22(30-5)14-26(4)24(29)20-10-9-19(25-23(28)18-7-8-18)12-21(20)31-15-17(27)3/h9-10,12,16-18,22H,6-8,11,13-15H2,1-5H3,(H,25,28)/t16-,17-,22+/m1/s1. The van der Waals surface area contributed by atoms with Crippen LogP contribution in [0.2, 0.25) is 0 Å². The van der Waals surface area contributed by atoms with Crippen molar-refractivity contribution in [2.24, 2.45) is 11.8 Å². The first kappa shape index (κ1) is 23.5. The molecule has 3 rings (SSSR count). The Morgan fingerprint density at radius 1 is 1.26 bits per heavy atom. The average molecular weight is 432 g/mol. The van der Waals surface area contributed by atoms with Crippen molar-refractivity contribution in [1.82, 2.24) is 9.80 Å². The predicted molar refractivity (Wildman–Crippen MR) is 122 cm³/mol. The lowest BCUT2D eigenvalue weighted by Crippen LogP contribution is -2.46. The predicted octanol–water partition coefficient (Wildman–Crippen LogP) is 3.25. The summed E-state index contributed by atoms with van der Waals surface area (Å²) in [5.41, 5.74) is 1.17. The molecule has 1 fully saturated rings. The average Bonchev–Trinajstić information content (AvgIpc) is 3.59. The van der Waals surface area contributed by atoms with Gasteiger partial charge in [0.1, 0.15) is 12.4 Å². The Hall–Kier alpha value is -2.12. The van der Waals surface area contributed by atoms with Crippen molar-refractivity contribution in [3.05, 3.63) is 23.8 Å². The van der Waals surface area contributed by atoms with Gasteiger partial charge in [0.2, 0.25) is 5.91 Å². The highest BCUT2D eigenvalue weighted by atomic mass is 16.5. The van der Waals surface area contributed by atoms with Gasteiger partial charge in [0.25, 0.3) is 5.91 Å². The van der Waals surface area contributed by atoms with Crippen LogP contribution in [0.25, 0.3) is 0 Å². The van der Waals surface area contributed by atoms with E-state index in [1.165, 1.54) is 0 Å². The maximum atomic E-state index is 13.2. The zero-order valence-electron chi connectivity index (χ0n) is 19.5.